The van der Waals surface area contributed by atoms with E-state index < -0.39 is 0 Å². The first-order valence-corrected chi connectivity index (χ1v) is 7.30. The van der Waals surface area contributed by atoms with Crippen molar-refractivity contribution in [2.75, 3.05) is 6.54 Å². The Bertz CT molecular complexity index is 754. The molecule has 1 fully saturated rings. The molecular weight excluding hydrogens is 282 g/mol. The van der Waals surface area contributed by atoms with Gasteiger partial charge in [0, 0.05) is 11.9 Å². The largest absolute Gasteiger partial charge is 0.328 e. The summed E-state index contributed by atoms with van der Waals surface area (Å²) in [5, 5.41) is 4.51. The molecule has 0 radical (unpaired) electrons. The Kier molecular flexibility index (Phi) is 3.66. The van der Waals surface area contributed by atoms with Crippen LogP contribution in [0.1, 0.15) is 19.0 Å². The van der Waals surface area contributed by atoms with Crippen LogP contribution in [-0.4, -0.2) is 27.4 Å². The van der Waals surface area contributed by atoms with Crippen LogP contribution in [-0.2, 0) is 4.79 Å². The summed E-state index contributed by atoms with van der Waals surface area (Å²) in [4.78, 5) is 18.4. The predicted octanol–water partition coefficient (Wildman–Crippen LogP) is 2.70. The molecule has 1 aromatic heterocycles. The highest BCUT2D eigenvalue weighted by molar-refractivity contribution is 7.80. The number of rotatable bonds is 3. The minimum Gasteiger partial charge on any atom is -0.328 e. The van der Waals surface area contributed by atoms with Crippen molar-refractivity contribution in [2.45, 2.75) is 13.3 Å². The first-order chi connectivity index (χ1) is 10.2. The molecule has 2 aromatic rings. The first kappa shape index (κ1) is 13.7. The fraction of sp³-hybridized carbons (Fsp3) is 0.188. The molecular formula is C16H15N3OS. The van der Waals surface area contributed by atoms with E-state index in [0.717, 1.165) is 23.0 Å². The molecule has 0 atom stereocenters. The molecule has 0 bridgehead atoms. The minimum atomic E-state index is -0.0863. The standard InChI is InChI=1S/C16H15N3OS/c1-2-9-19-15(20)14(18-16(19)21)10-12-8-7-11-5-3-4-6-13(11)17-12/h3-8,10H,2,9H2,1H3,(H,18,21)/b14-10-. The van der Waals surface area contributed by atoms with Gasteiger partial charge in [0.15, 0.2) is 5.11 Å². The Labute approximate surface area is 128 Å². The minimum absolute atomic E-state index is 0.0863. The summed E-state index contributed by atoms with van der Waals surface area (Å²) in [6.07, 6.45) is 2.62. The molecule has 106 valence electrons. The maximum Gasteiger partial charge on any atom is 0.276 e. The highest BCUT2D eigenvalue weighted by Gasteiger charge is 2.29. The van der Waals surface area contributed by atoms with Gasteiger partial charge in [-0.15, -0.1) is 0 Å². The SMILES string of the molecule is CCCN1C(=O)/C(=C/c2ccc3ccccc3n2)NC1=S. The molecule has 3 rings (SSSR count). The number of thiocarbonyl (C=S) groups is 1. The third-order valence-corrected chi connectivity index (χ3v) is 3.64. The lowest BCUT2D eigenvalue weighted by molar-refractivity contribution is -0.122. The van der Waals surface area contributed by atoms with E-state index in [4.69, 9.17) is 12.2 Å². The van der Waals surface area contributed by atoms with Crippen molar-refractivity contribution in [3.8, 4) is 0 Å². The molecule has 2 heterocycles. The molecule has 4 nitrogen and oxygen atoms in total. The summed E-state index contributed by atoms with van der Waals surface area (Å²) in [5.41, 5.74) is 2.13. The van der Waals surface area contributed by atoms with Crippen LogP contribution in [0.25, 0.3) is 17.0 Å². The Balaban J connectivity index is 1.93. The summed E-state index contributed by atoms with van der Waals surface area (Å²) in [5.74, 6) is -0.0863. The van der Waals surface area contributed by atoms with Gasteiger partial charge in [-0.05, 0) is 36.8 Å². The van der Waals surface area contributed by atoms with Crippen LogP contribution >= 0.6 is 12.2 Å². The van der Waals surface area contributed by atoms with Crippen molar-refractivity contribution in [1.29, 1.82) is 0 Å². The number of nitrogens with one attached hydrogen (secondary N) is 1. The maximum absolute atomic E-state index is 12.3. The number of nitrogens with zero attached hydrogens (tertiary/aromatic N) is 2. The van der Waals surface area contributed by atoms with Crippen LogP contribution in [0.2, 0.25) is 0 Å². The number of para-hydroxylation sites is 1. The van der Waals surface area contributed by atoms with Gasteiger partial charge >= 0.3 is 0 Å². The van der Waals surface area contributed by atoms with Crippen molar-refractivity contribution < 1.29 is 4.79 Å². The van der Waals surface area contributed by atoms with Gasteiger partial charge in [0.25, 0.3) is 5.91 Å². The summed E-state index contributed by atoms with van der Waals surface area (Å²) in [6.45, 7) is 2.65. The second-order valence-electron chi connectivity index (χ2n) is 4.87. The Hall–Kier alpha value is -2.27. The molecule has 1 N–H and O–H groups in total. The van der Waals surface area contributed by atoms with Gasteiger partial charge in [-0.25, -0.2) is 4.98 Å². The second kappa shape index (κ2) is 5.61. The van der Waals surface area contributed by atoms with Crippen molar-refractivity contribution in [3.63, 3.8) is 0 Å². The second-order valence-corrected chi connectivity index (χ2v) is 5.26. The first-order valence-electron chi connectivity index (χ1n) is 6.89. The molecule has 0 aliphatic carbocycles. The summed E-state index contributed by atoms with van der Waals surface area (Å²) in [6, 6.07) is 11.8. The zero-order valence-corrected chi connectivity index (χ0v) is 12.5. The van der Waals surface area contributed by atoms with Gasteiger partial charge in [-0.2, -0.15) is 0 Å². The van der Waals surface area contributed by atoms with Crippen LogP contribution in [0.3, 0.4) is 0 Å². The molecule has 0 saturated carbocycles. The number of hydrogen-bond acceptors (Lipinski definition) is 3. The van der Waals surface area contributed by atoms with Crippen molar-refractivity contribution >= 4 is 40.2 Å². The van der Waals surface area contributed by atoms with E-state index in [9.17, 15) is 4.79 Å². The van der Waals surface area contributed by atoms with Crippen molar-refractivity contribution in [1.82, 2.24) is 15.2 Å². The average Bonchev–Trinajstić information content (AvgIpc) is 2.75. The van der Waals surface area contributed by atoms with Crippen LogP contribution in [0.15, 0.2) is 42.1 Å². The predicted molar refractivity (Wildman–Crippen MR) is 87.5 cm³/mol. The van der Waals surface area contributed by atoms with E-state index >= 15 is 0 Å². The van der Waals surface area contributed by atoms with Gasteiger partial charge in [-0.1, -0.05) is 31.2 Å². The molecule has 1 aliphatic heterocycles. The van der Waals surface area contributed by atoms with Crippen LogP contribution in [0.4, 0.5) is 0 Å². The molecule has 21 heavy (non-hydrogen) atoms. The van der Waals surface area contributed by atoms with E-state index in [1.807, 2.05) is 43.3 Å². The lowest BCUT2D eigenvalue weighted by Crippen LogP contribution is -2.31. The highest BCUT2D eigenvalue weighted by atomic mass is 32.1. The zero-order chi connectivity index (χ0) is 14.8. The van der Waals surface area contributed by atoms with E-state index in [-0.39, 0.29) is 5.91 Å². The summed E-state index contributed by atoms with van der Waals surface area (Å²) < 4.78 is 0. The van der Waals surface area contributed by atoms with E-state index in [1.165, 1.54) is 0 Å². The van der Waals surface area contributed by atoms with Crippen molar-refractivity contribution in [3.05, 3.63) is 47.8 Å². The lowest BCUT2D eigenvalue weighted by atomic mass is 10.2. The number of fused-ring (bicyclic) bond motifs is 1. The summed E-state index contributed by atoms with van der Waals surface area (Å²) in [7, 11) is 0. The number of aromatic nitrogens is 1. The highest BCUT2D eigenvalue weighted by Crippen LogP contribution is 2.16. The Morgan fingerprint density at radius 1 is 1.29 bits per heavy atom. The molecule has 1 aliphatic rings. The van der Waals surface area contributed by atoms with Crippen LogP contribution in [0, 0.1) is 0 Å². The van der Waals surface area contributed by atoms with Crippen LogP contribution in [0.5, 0.6) is 0 Å². The number of carbonyl (C=O) groups excluding carboxylic acids is 1. The fourth-order valence-electron chi connectivity index (χ4n) is 2.31. The van der Waals surface area contributed by atoms with E-state index in [0.29, 0.717) is 17.4 Å². The van der Waals surface area contributed by atoms with E-state index in [2.05, 4.69) is 10.3 Å². The molecule has 1 aromatic carbocycles. The zero-order valence-electron chi connectivity index (χ0n) is 11.7. The van der Waals surface area contributed by atoms with Gasteiger partial charge in [0.1, 0.15) is 5.70 Å². The number of carbonyl (C=O) groups is 1. The summed E-state index contributed by atoms with van der Waals surface area (Å²) >= 11 is 5.19. The van der Waals surface area contributed by atoms with Gasteiger partial charge in [0.05, 0.1) is 11.2 Å². The third kappa shape index (κ3) is 2.64. The third-order valence-electron chi connectivity index (χ3n) is 3.32. The smallest absolute Gasteiger partial charge is 0.276 e. The lowest BCUT2D eigenvalue weighted by Gasteiger charge is -2.11. The topological polar surface area (TPSA) is 45.2 Å². The normalized spacial score (nSPS) is 16.8. The number of hydrogen-bond donors (Lipinski definition) is 1. The Morgan fingerprint density at radius 2 is 2.10 bits per heavy atom. The number of benzene rings is 1. The number of pyridine rings is 1. The maximum atomic E-state index is 12.3. The molecule has 1 amide bonds. The molecule has 1 saturated heterocycles. The average molecular weight is 297 g/mol. The van der Waals surface area contributed by atoms with E-state index in [1.54, 1.807) is 11.0 Å². The Morgan fingerprint density at radius 3 is 2.90 bits per heavy atom. The quantitative estimate of drug-likeness (QED) is 0.699. The monoisotopic (exact) mass is 297 g/mol. The molecule has 5 heteroatoms. The van der Waals surface area contributed by atoms with Crippen LogP contribution < -0.4 is 5.32 Å². The van der Waals surface area contributed by atoms with Gasteiger partial charge < -0.3 is 5.32 Å². The van der Waals surface area contributed by atoms with Crippen molar-refractivity contribution in [2.24, 2.45) is 0 Å². The molecule has 0 unspecified atom stereocenters. The molecule has 0 spiro atoms. The fourth-order valence-corrected chi connectivity index (χ4v) is 2.59. The number of amides is 1. The van der Waals surface area contributed by atoms with Gasteiger partial charge in [-0.3, -0.25) is 9.69 Å². The van der Waals surface area contributed by atoms with Gasteiger partial charge in [0.2, 0.25) is 0 Å².